The first-order valence-electron chi connectivity index (χ1n) is 3.17. The maximum Gasteiger partial charge on any atom is 0.173 e. The molecule has 2 N–H and O–H groups in total. The largest absolute Gasteiger partial charge is 0.484 e. The quantitative estimate of drug-likeness (QED) is 0.728. The van der Waals surface area contributed by atoms with Crippen LogP contribution in [0.15, 0.2) is 0 Å². The van der Waals surface area contributed by atoms with Crippen LogP contribution in [-0.4, -0.2) is 43.7 Å². The Morgan fingerprint density at radius 1 is 1.42 bits per heavy atom. The van der Waals surface area contributed by atoms with Gasteiger partial charge in [-0.25, -0.2) is 0 Å². The molecule has 0 aromatic rings. The highest BCUT2D eigenvalue weighted by Gasteiger charge is 1.97. The number of thiocarbonyl (C=S) groups is 1. The zero-order chi connectivity index (χ0) is 7.98. The Morgan fingerprint density at radius 3 is 2.25 bits per heavy atom. The van der Waals surface area contributed by atoms with Gasteiger partial charge in [-0.15, -0.1) is 24.8 Å². The maximum atomic E-state index is 5.21. The van der Waals surface area contributed by atoms with Crippen molar-refractivity contribution in [1.29, 1.82) is 0 Å². The van der Waals surface area contributed by atoms with Crippen LogP contribution in [0.1, 0.15) is 0 Å². The lowest BCUT2D eigenvalue weighted by Gasteiger charge is -2.10. The van der Waals surface area contributed by atoms with E-state index in [4.69, 9.17) is 22.7 Å². The summed E-state index contributed by atoms with van der Waals surface area (Å²) in [6, 6.07) is 0. The van der Waals surface area contributed by atoms with E-state index in [0.29, 0.717) is 24.7 Å². The summed E-state index contributed by atoms with van der Waals surface area (Å²) in [6.07, 6.45) is 0. The molecule has 0 saturated carbocycles. The fraction of sp³-hybridized carbons (Fsp3) is 0.833. The van der Waals surface area contributed by atoms with Gasteiger partial charge in [-0.3, -0.25) is 0 Å². The molecule has 76 valence electrons. The minimum Gasteiger partial charge on any atom is -0.484 e. The van der Waals surface area contributed by atoms with Gasteiger partial charge in [0.15, 0.2) is 5.05 Å². The van der Waals surface area contributed by atoms with Crippen LogP contribution >= 0.6 is 37.0 Å². The van der Waals surface area contributed by atoms with Gasteiger partial charge in [0.25, 0.3) is 0 Å². The fourth-order valence-corrected chi connectivity index (χ4v) is 0.818. The number of rotatable bonds is 4. The molecule has 0 amide bonds. The predicted octanol–water partition coefficient (Wildman–Crippen LogP) is 0.694. The van der Waals surface area contributed by atoms with Crippen LogP contribution in [0.3, 0.4) is 0 Å². The normalized spacial score (nSPS) is 8.33. The van der Waals surface area contributed by atoms with Crippen molar-refractivity contribution in [1.82, 2.24) is 4.90 Å². The zero-order valence-electron chi connectivity index (χ0n) is 7.28. The van der Waals surface area contributed by atoms with Crippen LogP contribution in [0.2, 0.25) is 0 Å². The standard InChI is InChI=1S/C6H14N2OS.2ClH/c1-8(2)5-6(10)9-4-3-7;;/h3-5,7H2,1-2H3;2*1H. The molecule has 0 aromatic heterocycles. The lowest BCUT2D eigenvalue weighted by Crippen LogP contribution is -2.24. The average Bonchev–Trinajstić information content (AvgIpc) is 1.82. The van der Waals surface area contributed by atoms with Crippen molar-refractivity contribution in [3.63, 3.8) is 0 Å². The molecular formula is C6H16Cl2N2OS. The molecule has 0 aliphatic carbocycles. The van der Waals surface area contributed by atoms with E-state index in [1.165, 1.54) is 0 Å². The van der Waals surface area contributed by atoms with Crippen LogP contribution in [-0.2, 0) is 4.74 Å². The minimum atomic E-state index is 0. The summed E-state index contributed by atoms with van der Waals surface area (Å²) < 4.78 is 5.07. The van der Waals surface area contributed by atoms with Gasteiger partial charge in [0.1, 0.15) is 6.61 Å². The summed E-state index contributed by atoms with van der Waals surface area (Å²) >= 11 is 4.88. The molecule has 0 bridgehead atoms. The molecule has 0 fully saturated rings. The highest BCUT2D eigenvalue weighted by Crippen LogP contribution is 1.83. The van der Waals surface area contributed by atoms with E-state index in [1.807, 2.05) is 19.0 Å². The Morgan fingerprint density at radius 2 is 1.92 bits per heavy atom. The lowest BCUT2D eigenvalue weighted by molar-refractivity contribution is 0.300. The molecule has 0 aliphatic rings. The molecule has 3 nitrogen and oxygen atoms in total. The summed E-state index contributed by atoms with van der Waals surface area (Å²) in [5.41, 5.74) is 5.21. The Hall–Kier alpha value is 0.390. The first-order chi connectivity index (χ1) is 4.66. The van der Waals surface area contributed by atoms with Crippen LogP contribution < -0.4 is 5.73 Å². The first kappa shape index (κ1) is 18.2. The van der Waals surface area contributed by atoms with Crippen molar-refractivity contribution in [2.45, 2.75) is 0 Å². The Labute approximate surface area is 91.4 Å². The number of halogens is 2. The van der Waals surface area contributed by atoms with Crippen molar-refractivity contribution in [2.24, 2.45) is 5.73 Å². The van der Waals surface area contributed by atoms with E-state index >= 15 is 0 Å². The smallest absolute Gasteiger partial charge is 0.173 e. The molecule has 0 rings (SSSR count). The molecule has 0 spiro atoms. The van der Waals surface area contributed by atoms with Crippen molar-refractivity contribution in [3.8, 4) is 0 Å². The number of hydrogen-bond donors (Lipinski definition) is 1. The van der Waals surface area contributed by atoms with Gasteiger partial charge < -0.3 is 15.4 Å². The van der Waals surface area contributed by atoms with Crippen LogP contribution in [0.4, 0.5) is 0 Å². The third kappa shape index (κ3) is 13.0. The van der Waals surface area contributed by atoms with Gasteiger partial charge in [0.05, 0.1) is 6.54 Å². The van der Waals surface area contributed by atoms with Crippen molar-refractivity contribution >= 4 is 42.1 Å². The molecule has 12 heavy (non-hydrogen) atoms. The summed E-state index contributed by atoms with van der Waals surface area (Å²) in [4.78, 5) is 1.96. The molecule has 0 saturated heterocycles. The Bertz CT molecular complexity index is 114. The maximum absolute atomic E-state index is 5.21. The molecule has 0 aromatic carbocycles. The molecule has 0 aliphatic heterocycles. The minimum absolute atomic E-state index is 0. The Kier molecular flexibility index (Phi) is 17.3. The van der Waals surface area contributed by atoms with Gasteiger partial charge in [0, 0.05) is 6.54 Å². The second-order valence-corrected chi connectivity index (χ2v) is 2.70. The molecule has 0 heterocycles. The summed E-state index contributed by atoms with van der Waals surface area (Å²) in [7, 11) is 3.89. The topological polar surface area (TPSA) is 38.5 Å². The molecular weight excluding hydrogens is 219 g/mol. The van der Waals surface area contributed by atoms with Crippen LogP contribution in [0, 0.1) is 0 Å². The van der Waals surface area contributed by atoms with Gasteiger partial charge in [-0.2, -0.15) is 0 Å². The van der Waals surface area contributed by atoms with E-state index in [1.54, 1.807) is 0 Å². The van der Waals surface area contributed by atoms with Gasteiger partial charge in [0.2, 0.25) is 0 Å². The Balaban J connectivity index is -0.000000405. The molecule has 0 unspecified atom stereocenters. The number of nitrogens with two attached hydrogens (primary N) is 1. The fourth-order valence-electron chi connectivity index (χ4n) is 0.477. The van der Waals surface area contributed by atoms with Gasteiger partial charge in [-0.1, -0.05) is 0 Å². The van der Waals surface area contributed by atoms with Crippen LogP contribution in [0.25, 0.3) is 0 Å². The second-order valence-electron chi connectivity index (χ2n) is 2.25. The van der Waals surface area contributed by atoms with Crippen molar-refractivity contribution in [3.05, 3.63) is 0 Å². The van der Waals surface area contributed by atoms with Crippen molar-refractivity contribution in [2.75, 3.05) is 33.8 Å². The van der Waals surface area contributed by atoms with E-state index < -0.39 is 0 Å². The predicted molar refractivity (Wildman–Crippen MR) is 60.7 cm³/mol. The summed E-state index contributed by atoms with van der Waals surface area (Å²) in [5, 5.41) is 0.607. The third-order valence-corrected chi connectivity index (χ3v) is 1.07. The highest BCUT2D eigenvalue weighted by atomic mass is 35.5. The number of nitrogens with zero attached hydrogens (tertiary/aromatic N) is 1. The molecule has 0 radical (unpaired) electrons. The third-order valence-electron chi connectivity index (χ3n) is 0.826. The second kappa shape index (κ2) is 11.4. The van der Waals surface area contributed by atoms with Crippen LogP contribution in [0.5, 0.6) is 0 Å². The number of ether oxygens (including phenoxy) is 1. The van der Waals surface area contributed by atoms with Gasteiger partial charge >= 0.3 is 0 Å². The van der Waals surface area contributed by atoms with E-state index in [2.05, 4.69) is 0 Å². The van der Waals surface area contributed by atoms with Gasteiger partial charge in [-0.05, 0) is 26.3 Å². The highest BCUT2D eigenvalue weighted by molar-refractivity contribution is 7.80. The SMILES string of the molecule is CN(C)CC(=S)OCCN.Cl.Cl. The number of hydrogen-bond acceptors (Lipinski definition) is 4. The molecule has 0 atom stereocenters. The first-order valence-corrected chi connectivity index (χ1v) is 3.58. The molecule has 6 heteroatoms. The number of likely N-dealkylation sites (N-methyl/N-ethyl adjacent to an activating group) is 1. The summed E-state index contributed by atoms with van der Waals surface area (Å²) in [5.74, 6) is 0. The van der Waals surface area contributed by atoms with E-state index in [9.17, 15) is 0 Å². The van der Waals surface area contributed by atoms with E-state index in [-0.39, 0.29) is 24.8 Å². The van der Waals surface area contributed by atoms with Crippen molar-refractivity contribution < 1.29 is 4.74 Å². The van der Waals surface area contributed by atoms with E-state index in [0.717, 1.165) is 0 Å². The summed E-state index contributed by atoms with van der Waals surface area (Å²) in [6.45, 7) is 1.73. The monoisotopic (exact) mass is 234 g/mol. The zero-order valence-corrected chi connectivity index (χ0v) is 9.73. The average molecular weight is 235 g/mol. The lowest BCUT2D eigenvalue weighted by atomic mass is 10.6.